The van der Waals surface area contributed by atoms with E-state index in [4.69, 9.17) is 5.73 Å². The van der Waals surface area contributed by atoms with Gasteiger partial charge < -0.3 is 16.0 Å². The van der Waals surface area contributed by atoms with E-state index in [9.17, 15) is 0 Å². The fourth-order valence-corrected chi connectivity index (χ4v) is 1.47. The average molecular weight is 237 g/mol. The first-order valence-corrected chi connectivity index (χ1v) is 6.25. The van der Waals surface area contributed by atoms with Gasteiger partial charge in [-0.25, -0.2) is 4.98 Å². The van der Waals surface area contributed by atoms with Gasteiger partial charge in [-0.3, -0.25) is 4.99 Å². The summed E-state index contributed by atoms with van der Waals surface area (Å²) >= 11 is 0. The minimum absolute atomic E-state index is 0.787. The van der Waals surface area contributed by atoms with Crippen molar-refractivity contribution < 1.29 is 0 Å². The number of nitrogens with one attached hydrogen (secondary N) is 2. The molecule has 0 aliphatic rings. The van der Waals surface area contributed by atoms with Gasteiger partial charge in [-0.15, -0.1) is 0 Å². The van der Waals surface area contributed by atoms with E-state index >= 15 is 0 Å². The van der Waals surface area contributed by atoms with Gasteiger partial charge in [-0.1, -0.05) is 0 Å². The molecule has 1 aromatic rings. The molecule has 1 heterocycles. The predicted octanol–water partition coefficient (Wildman–Crippen LogP) is 0.856. The fraction of sp³-hybridized carbons (Fsp3) is 0.667. The van der Waals surface area contributed by atoms with E-state index in [1.807, 2.05) is 13.1 Å². The number of aliphatic imine (C=N–C) groups is 1. The molecule has 17 heavy (non-hydrogen) atoms. The Kier molecular flexibility index (Phi) is 7.25. The zero-order chi connectivity index (χ0) is 12.3. The van der Waals surface area contributed by atoms with Gasteiger partial charge in [0.1, 0.15) is 5.69 Å². The SMILES string of the molecule is Cc1[nH]cnc1C=NCCCNCCCCN. The quantitative estimate of drug-likeness (QED) is 0.440. The minimum Gasteiger partial charge on any atom is -0.348 e. The third-order valence-corrected chi connectivity index (χ3v) is 2.53. The topological polar surface area (TPSA) is 79.1 Å². The molecule has 0 atom stereocenters. The Labute approximate surface area is 103 Å². The maximum absolute atomic E-state index is 5.41. The molecule has 96 valence electrons. The van der Waals surface area contributed by atoms with Crippen LogP contribution < -0.4 is 11.1 Å². The Balaban J connectivity index is 1.97. The Morgan fingerprint density at radius 1 is 1.41 bits per heavy atom. The lowest BCUT2D eigenvalue weighted by atomic mass is 10.3. The molecule has 0 aliphatic heterocycles. The first-order chi connectivity index (χ1) is 8.34. The molecule has 1 aromatic heterocycles. The minimum atomic E-state index is 0.787. The lowest BCUT2D eigenvalue weighted by molar-refractivity contribution is 0.611. The number of nitrogens with zero attached hydrogens (tertiary/aromatic N) is 2. The second-order valence-electron chi connectivity index (χ2n) is 4.05. The zero-order valence-corrected chi connectivity index (χ0v) is 10.6. The number of aromatic nitrogens is 2. The van der Waals surface area contributed by atoms with Crippen LogP contribution in [0.2, 0.25) is 0 Å². The van der Waals surface area contributed by atoms with Crippen molar-refractivity contribution in [3.05, 3.63) is 17.7 Å². The van der Waals surface area contributed by atoms with Crippen molar-refractivity contribution in [1.82, 2.24) is 15.3 Å². The van der Waals surface area contributed by atoms with Gasteiger partial charge in [0, 0.05) is 18.5 Å². The van der Waals surface area contributed by atoms with Gasteiger partial charge in [-0.2, -0.15) is 0 Å². The van der Waals surface area contributed by atoms with Crippen LogP contribution in [0.25, 0.3) is 0 Å². The van der Waals surface area contributed by atoms with Gasteiger partial charge in [0.2, 0.25) is 0 Å². The molecular formula is C12H23N5. The summed E-state index contributed by atoms with van der Waals surface area (Å²) in [4.78, 5) is 11.5. The highest BCUT2D eigenvalue weighted by atomic mass is 14.9. The molecule has 0 radical (unpaired) electrons. The van der Waals surface area contributed by atoms with Gasteiger partial charge >= 0.3 is 0 Å². The zero-order valence-electron chi connectivity index (χ0n) is 10.6. The van der Waals surface area contributed by atoms with Crippen LogP contribution in [0.1, 0.15) is 30.7 Å². The summed E-state index contributed by atoms with van der Waals surface area (Å²) in [6.45, 7) is 5.69. The number of rotatable bonds is 9. The first kappa shape index (κ1) is 13.9. The van der Waals surface area contributed by atoms with E-state index in [0.29, 0.717) is 0 Å². The predicted molar refractivity (Wildman–Crippen MR) is 71.6 cm³/mol. The second-order valence-corrected chi connectivity index (χ2v) is 4.05. The highest BCUT2D eigenvalue weighted by molar-refractivity contribution is 5.78. The van der Waals surface area contributed by atoms with E-state index in [0.717, 1.165) is 56.8 Å². The summed E-state index contributed by atoms with van der Waals surface area (Å²) in [5.74, 6) is 0. The highest BCUT2D eigenvalue weighted by Crippen LogP contribution is 1.96. The lowest BCUT2D eigenvalue weighted by Crippen LogP contribution is -2.18. The number of hydrogen-bond donors (Lipinski definition) is 3. The number of unbranched alkanes of at least 4 members (excludes halogenated alkanes) is 1. The molecule has 0 bridgehead atoms. The Hall–Kier alpha value is -1.20. The Morgan fingerprint density at radius 2 is 2.24 bits per heavy atom. The smallest absolute Gasteiger partial charge is 0.101 e. The summed E-state index contributed by atoms with van der Waals surface area (Å²) in [5.41, 5.74) is 7.41. The number of H-pyrrole nitrogens is 1. The van der Waals surface area contributed by atoms with E-state index < -0.39 is 0 Å². The van der Waals surface area contributed by atoms with E-state index in [-0.39, 0.29) is 0 Å². The summed E-state index contributed by atoms with van der Waals surface area (Å²) < 4.78 is 0. The molecule has 0 aliphatic carbocycles. The molecule has 0 unspecified atom stereocenters. The van der Waals surface area contributed by atoms with Crippen LogP contribution in [0.4, 0.5) is 0 Å². The number of aromatic amines is 1. The van der Waals surface area contributed by atoms with Crippen LogP contribution >= 0.6 is 0 Å². The summed E-state index contributed by atoms with van der Waals surface area (Å²) in [5, 5.41) is 3.37. The standard InChI is InChI=1S/C12H23N5/c1-11-12(17-10-16-11)9-15-8-4-7-14-6-3-2-5-13/h9-10,14H,2-8,13H2,1H3,(H,16,17). The van der Waals surface area contributed by atoms with E-state index in [1.165, 1.54) is 0 Å². The van der Waals surface area contributed by atoms with E-state index in [2.05, 4.69) is 20.3 Å². The molecule has 4 N–H and O–H groups in total. The van der Waals surface area contributed by atoms with Crippen molar-refractivity contribution in [2.75, 3.05) is 26.2 Å². The molecule has 0 saturated carbocycles. The molecule has 0 amide bonds. The van der Waals surface area contributed by atoms with Crippen LogP contribution in [-0.2, 0) is 0 Å². The molecule has 5 nitrogen and oxygen atoms in total. The molecule has 0 spiro atoms. The summed E-state index contributed by atoms with van der Waals surface area (Å²) in [7, 11) is 0. The van der Waals surface area contributed by atoms with Crippen LogP contribution in [0, 0.1) is 6.92 Å². The van der Waals surface area contributed by atoms with Crippen LogP contribution in [0.5, 0.6) is 0 Å². The van der Waals surface area contributed by atoms with Crippen molar-refractivity contribution in [1.29, 1.82) is 0 Å². The van der Waals surface area contributed by atoms with Crippen molar-refractivity contribution in [2.24, 2.45) is 10.7 Å². The monoisotopic (exact) mass is 237 g/mol. The fourth-order valence-electron chi connectivity index (χ4n) is 1.47. The molecule has 0 saturated heterocycles. The third kappa shape index (κ3) is 6.19. The number of nitrogens with two attached hydrogens (primary N) is 1. The van der Waals surface area contributed by atoms with Crippen molar-refractivity contribution in [3.63, 3.8) is 0 Å². The van der Waals surface area contributed by atoms with Crippen LogP contribution in [0.15, 0.2) is 11.3 Å². The van der Waals surface area contributed by atoms with Crippen LogP contribution in [-0.4, -0.2) is 42.4 Å². The molecular weight excluding hydrogens is 214 g/mol. The average Bonchev–Trinajstić information content (AvgIpc) is 2.73. The molecule has 0 aromatic carbocycles. The lowest BCUT2D eigenvalue weighted by Gasteiger charge is -2.01. The summed E-state index contributed by atoms with van der Waals surface area (Å²) in [6, 6.07) is 0. The van der Waals surface area contributed by atoms with Gasteiger partial charge in [0.25, 0.3) is 0 Å². The van der Waals surface area contributed by atoms with Crippen molar-refractivity contribution >= 4 is 6.21 Å². The second kappa shape index (κ2) is 8.90. The largest absolute Gasteiger partial charge is 0.348 e. The normalized spacial score (nSPS) is 11.4. The van der Waals surface area contributed by atoms with Gasteiger partial charge in [0.05, 0.1) is 6.33 Å². The molecule has 0 fully saturated rings. The Morgan fingerprint density at radius 3 is 2.94 bits per heavy atom. The number of aryl methyl sites for hydroxylation is 1. The first-order valence-electron chi connectivity index (χ1n) is 6.25. The van der Waals surface area contributed by atoms with Crippen LogP contribution in [0.3, 0.4) is 0 Å². The van der Waals surface area contributed by atoms with E-state index in [1.54, 1.807) is 6.33 Å². The highest BCUT2D eigenvalue weighted by Gasteiger charge is 1.94. The van der Waals surface area contributed by atoms with Gasteiger partial charge in [-0.05, 0) is 45.8 Å². The number of imidazole rings is 1. The molecule has 1 rings (SSSR count). The molecule has 5 heteroatoms. The van der Waals surface area contributed by atoms with Gasteiger partial charge in [0.15, 0.2) is 0 Å². The number of hydrogen-bond acceptors (Lipinski definition) is 4. The Bertz CT molecular complexity index is 318. The maximum atomic E-state index is 5.41. The summed E-state index contributed by atoms with van der Waals surface area (Å²) in [6.07, 6.45) is 6.84. The third-order valence-electron chi connectivity index (χ3n) is 2.53. The van der Waals surface area contributed by atoms with Crippen molar-refractivity contribution in [2.45, 2.75) is 26.2 Å². The van der Waals surface area contributed by atoms with Crippen molar-refractivity contribution in [3.8, 4) is 0 Å². The maximum Gasteiger partial charge on any atom is 0.101 e.